The van der Waals surface area contributed by atoms with Gasteiger partial charge in [0.15, 0.2) is 12.1 Å². The van der Waals surface area contributed by atoms with E-state index < -0.39 is 16.3 Å². The Bertz CT molecular complexity index is 540. The number of nitrogens with two attached hydrogens (primary N) is 1. The van der Waals surface area contributed by atoms with E-state index in [0.29, 0.717) is 6.29 Å². The first-order valence-corrected chi connectivity index (χ1v) is 4.83. The summed E-state index contributed by atoms with van der Waals surface area (Å²) in [5, 5.41) is 7.32. The van der Waals surface area contributed by atoms with Gasteiger partial charge in [0.25, 0.3) is 0 Å². The third kappa shape index (κ3) is 2.47. The minimum absolute atomic E-state index is 0.0479. The van der Waals surface area contributed by atoms with E-state index in [1.165, 1.54) is 18.2 Å². The number of carbonyl (C=O) groups excluding carboxylic acids is 1. The van der Waals surface area contributed by atoms with Gasteiger partial charge in [-0.2, -0.15) is 8.42 Å². The molecule has 0 spiro atoms. The van der Waals surface area contributed by atoms with Crippen molar-refractivity contribution in [2.24, 2.45) is 4.36 Å². The number of benzene rings is 1. The number of nitrogens with one attached hydrogen (secondary N) is 1. The summed E-state index contributed by atoms with van der Waals surface area (Å²) < 4.78 is 23.4. The van der Waals surface area contributed by atoms with Gasteiger partial charge in [-0.05, 0) is 12.1 Å². The molecule has 0 aliphatic rings. The normalized spacial score (nSPS) is 9.33. The smallest absolute Gasteiger partial charge is 0.317 e. The first kappa shape index (κ1) is 11.1. The lowest BCUT2D eigenvalue weighted by molar-refractivity contribution is 0.112. The SMILES string of the molecule is N=C(N=S(=O)=O)c1cccc(C=O)c1N. The van der Waals surface area contributed by atoms with Crippen LogP contribution in [-0.4, -0.2) is 20.5 Å². The fraction of sp³-hybridized carbons (Fsp3) is 0. The van der Waals surface area contributed by atoms with Gasteiger partial charge in [-0.3, -0.25) is 10.2 Å². The molecule has 1 aromatic carbocycles. The third-order valence-corrected chi connectivity index (χ3v) is 2.02. The van der Waals surface area contributed by atoms with Crippen molar-refractivity contribution in [2.75, 3.05) is 5.73 Å². The summed E-state index contributed by atoms with van der Waals surface area (Å²) in [5.74, 6) is -0.496. The summed E-state index contributed by atoms with van der Waals surface area (Å²) in [4.78, 5) is 10.5. The molecule has 0 bridgehead atoms. The standard InChI is InChI=1S/C8H7N3O3S/c9-7-5(4-12)2-1-3-6(7)8(10)11-15(13)14/h1-4,10H,9H2. The number of anilines is 1. The van der Waals surface area contributed by atoms with Crippen LogP contribution in [0.2, 0.25) is 0 Å². The Morgan fingerprint density at radius 1 is 1.47 bits per heavy atom. The second-order valence-corrected chi connectivity index (χ2v) is 3.20. The minimum atomic E-state index is -2.71. The average Bonchev–Trinajstić information content (AvgIpc) is 2.17. The number of para-hydroxylation sites is 1. The molecule has 0 fully saturated rings. The summed E-state index contributed by atoms with van der Waals surface area (Å²) >= 11 is 0. The van der Waals surface area contributed by atoms with Gasteiger partial charge in [-0.1, -0.05) is 6.07 Å². The molecule has 3 N–H and O–H groups in total. The Hall–Kier alpha value is -2.02. The van der Waals surface area contributed by atoms with Gasteiger partial charge in [-0.25, -0.2) is 0 Å². The summed E-state index contributed by atoms with van der Waals surface area (Å²) in [6.45, 7) is 0. The molecule has 0 unspecified atom stereocenters. The van der Waals surface area contributed by atoms with E-state index in [9.17, 15) is 13.2 Å². The second kappa shape index (κ2) is 4.47. The quantitative estimate of drug-likeness (QED) is 0.329. The summed E-state index contributed by atoms with van der Waals surface area (Å²) in [6.07, 6.45) is 0.528. The van der Waals surface area contributed by atoms with Crippen molar-refractivity contribution in [2.45, 2.75) is 0 Å². The Labute approximate surface area is 86.9 Å². The maximum Gasteiger partial charge on any atom is 0.317 e. The lowest BCUT2D eigenvalue weighted by Gasteiger charge is -2.03. The Morgan fingerprint density at radius 3 is 2.67 bits per heavy atom. The molecular formula is C8H7N3O3S. The molecule has 0 heterocycles. The third-order valence-electron chi connectivity index (χ3n) is 1.69. The number of hydrogen-bond acceptors (Lipinski definition) is 5. The van der Waals surface area contributed by atoms with Gasteiger partial charge in [0, 0.05) is 11.1 Å². The van der Waals surface area contributed by atoms with Crippen molar-refractivity contribution in [3.63, 3.8) is 0 Å². The molecule has 0 saturated heterocycles. The molecule has 15 heavy (non-hydrogen) atoms. The van der Waals surface area contributed by atoms with Crippen LogP contribution in [-0.2, 0) is 10.5 Å². The van der Waals surface area contributed by atoms with Crippen molar-refractivity contribution in [3.05, 3.63) is 29.3 Å². The zero-order chi connectivity index (χ0) is 11.4. The van der Waals surface area contributed by atoms with Crippen molar-refractivity contribution < 1.29 is 13.2 Å². The molecule has 1 aromatic rings. The van der Waals surface area contributed by atoms with Crippen LogP contribution in [0.15, 0.2) is 22.6 Å². The highest BCUT2D eigenvalue weighted by Crippen LogP contribution is 2.16. The number of nitrogens with zero attached hydrogens (tertiary/aromatic N) is 1. The van der Waals surface area contributed by atoms with Gasteiger partial charge >= 0.3 is 10.5 Å². The lowest BCUT2D eigenvalue weighted by Crippen LogP contribution is -2.03. The predicted octanol–water partition coefficient (Wildman–Crippen LogP) is 0.469. The highest BCUT2D eigenvalue weighted by atomic mass is 32.2. The van der Waals surface area contributed by atoms with Crippen LogP contribution in [0.3, 0.4) is 0 Å². The zero-order valence-corrected chi connectivity index (χ0v) is 8.28. The van der Waals surface area contributed by atoms with Crippen LogP contribution >= 0.6 is 0 Å². The molecule has 0 atom stereocenters. The van der Waals surface area contributed by atoms with Gasteiger partial charge < -0.3 is 5.73 Å². The molecule has 0 saturated carbocycles. The average molecular weight is 225 g/mol. The van der Waals surface area contributed by atoms with Crippen LogP contribution in [0.1, 0.15) is 15.9 Å². The predicted molar refractivity (Wildman–Crippen MR) is 54.4 cm³/mol. The summed E-state index contributed by atoms with van der Waals surface area (Å²) in [6, 6.07) is 4.38. The highest BCUT2D eigenvalue weighted by Gasteiger charge is 2.08. The van der Waals surface area contributed by atoms with E-state index >= 15 is 0 Å². The zero-order valence-electron chi connectivity index (χ0n) is 7.47. The number of aldehydes is 1. The molecule has 7 heteroatoms. The summed E-state index contributed by atoms with van der Waals surface area (Å²) in [5.41, 5.74) is 5.90. The molecule has 0 amide bonds. The fourth-order valence-corrected chi connectivity index (χ4v) is 1.26. The lowest BCUT2D eigenvalue weighted by atomic mass is 10.1. The van der Waals surface area contributed by atoms with E-state index in [4.69, 9.17) is 11.1 Å². The molecule has 1 rings (SSSR count). The van der Waals surface area contributed by atoms with Crippen molar-refractivity contribution in [1.29, 1.82) is 5.41 Å². The van der Waals surface area contributed by atoms with Crippen LogP contribution in [0, 0.1) is 5.41 Å². The molecule has 6 nitrogen and oxygen atoms in total. The van der Waals surface area contributed by atoms with E-state index in [0.717, 1.165) is 0 Å². The minimum Gasteiger partial charge on any atom is -0.398 e. The Kier molecular flexibility index (Phi) is 3.29. The number of nitrogen functional groups attached to an aromatic ring is 1. The van der Waals surface area contributed by atoms with Gasteiger partial charge in [0.2, 0.25) is 0 Å². The van der Waals surface area contributed by atoms with Gasteiger partial charge in [-0.15, -0.1) is 4.36 Å². The molecule has 0 aromatic heterocycles. The highest BCUT2D eigenvalue weighted by molar-refractivity contribution is 7.62. The first-order chi connectivity index (χ1) is 7.06. The van der Waals surface area contributed by atoms with E-state index in [-0.39, 0.29) is 16.8 Å². The Balaban J connectivity index is 3.33. The van der Waals surface area contributed by atoms with Crippen LogP contribution in [0.4, 0.5) is 5.69 Å². The number of rotatable bonds is 2. The maximum absolute atomic E-state index is 10.5. The largest absolute Gasteiger partial charge is 0.398 e. The summed E-state index contributed by atoms with van der Waals surface area (Å²) in [7, 11) is -2.71. The van der Waals surface area contributed by atoms with E-state index in [1.807, 2.05) is 0 Å². The van der Waals surface area contributed by atoms with Crippen LogP contribution in [0.5, 0.6) is 0 Å². The molecule has 0 aliphatic heterocycles. The Morgan fingerprint density at radius 2 is 2.13 bits per heavy atom. The number of carbonyl (C=O) groups is 1. The molecular weight excluding hydrogens is 218 g/mol. The van der Waals surface area contributed by atoms with Crippen LogP contribution in [0.25, 0.3) is 0 Å². The molecule has 78 valence electrons. The topological polar surface area (TPSA) is 113 Å². The van der Waals surface area contributed by atoms with E-state index in [2.05, 4.69) is 4.36 Å². The second-order valence-electron chi connectivity index (χ2n) is 2.58. The van der Waals surface area contributed by atoms with Gasteiger partial charge in [0.1, 0.15) is 0 Å². The van der Waals surface area contributed by atoms with Crippen LogP contribution < -0.4 is 5.73 Å². The van der Waals surface area contributed by atoms with Crippen molar-refractivity contribution >= 4 is 28.3 Å². The molecule has 0 aliphatic carbocycles. The first-order valence-electron chi connectivity index (χ1n) is 3.80. The molecule has 0 radical (unpaired) electrons. The maximum atomic E-state index is 10.5. The number of amidine groups is 1. The monoisotopic (exact) mass is 225 g/mol. The van der Waals surface area contributed by atoms with Gasteiger partial charge in [0.05, 0.1) is 5.69 Å². The van der Waals surface area contributed by atoms with Crippen molar-refractivity contribution in [1.82, 2.24) is 0 Å². The van der Waals surface area contributed by atoms with E-state index in [1.54, 1.807) is 0 Å². The fourth-order valence-electron chi connectivity index (χ4n) is 1.02. The van der Waals surface area contributed by atoms with Crippen molar-refractivity contribution in [3.8, 4) is 0 Å². The number of hydrogen-bond donors (Lipinski definition) is 2.